The lowest BCUT2D eigenvalue weighted by molar-refractivity contribution is 0.286. The maximum absolute atomic E-state index is 5.88. The Morgan fingerprint density at radius 3 is 2.74 bits per heavy atom. The van der Waals surface area contributed by atoms with Gasteiger partial charge in [-0.1, -0.05) is 13.8 Å². The quantitative estimate of drug-likeness (QED) is 0.844. The summed E-state index contributed by atoms with van der Waals surface area (Å²) in [5.41, 5.74) is 3.16. The third kappa shape index (κ3) is 2.62. The zero-order valence-electron chi connectivity index (χ0n) is 11.6. The fraction of sp³-hybridized carbons (Fsp3) is 0.467. The molecule has 0 atom stereocenters. The smallest absolute Gasteiger partial charge is 0.217 e. The summed E-state index contributed by atoms with van der Waals surface area (Å²) >= 11 is 0. The fourth-order valence-corrected chi connectivity index (χ4v) is 2.03. The van der Waals surface area contributed by atoms with Crippen molar-refractivity contribution in [3.8, 4) is 17.1 Å². The van der Waals surface area contributed by atoms with Gasteiger partial charge < -0.3 is 4.74 Å². The Morgan fingerprint density at radius 1 is 1.37 bits per heavy atom. The molecular weight excluding hydrogens is 238 g/mol. The number of pyridine rings is 1. The molecule has 0 radical (unpaired) electrons. The molecule has 0 saturated heterocycles. The van der Waals surface area contributed by atoms with Gasteiger partial charge in [-0.3, -0.25) is 4.68 Å². The Morgan fingerprint density at radius 2 is 2.16 bits per heavy atom. The summed E-state index contributed by atoms with van der Waals surface area (Å²) < 4.78 is 7.68. The first-order valence-electron chi connectivity index (χ1n) is 6.80. The first-order valence-corrected chi connectivity index (χ1v) is 6.80. The maximum atomic E-state index is 5.88. The summed E-state index contributed by atoms with van der Waals surface area (Å²) in [4.78, 5) is 4.49. The van der Waals surface area contributed by atoms with Crippen LogP contribution < -0.4 is 4.74 Å². The second kappa shape index (κ2) is 4.68. The second-order valence-corrected chi connectivity index (χ2v) is 5.46. The third-order valence-electron chi connectivity index (χ3n) is 3.31. The van der Waals surface area contributed by atoms with Gasteiger partial charge in [0.2, 0.25) is 5.88 Å². The van der Waals surface area contributed by atoms with Crippen molar-refractivity contribution in [2.75, 3.05) is 0 Å². The highest BCUT2D eigenvalue weighted by Gasteiger charge is 2.26. The van der Waals surface area contributed by atoms with E-state index >= 15 is 0 Å². The van der Waals surface area contributed by atoms with Gasteiger partial charge in [0.15, 0.2) is 0 Å². The SMILES string of the molecule is CC(C)c1cc(-c2ccn(C)n2)cnc1OC1CC1. The number of aryl methyl sites for hydroxylation is 1. The van der Waals surface area contributed by atoms with Crippen LogP contribution in [0.3, 0.4) is 0 Å². The largest absolute Gasteiger partial charge is 0.474 e. The van der Waals surface area contributed by atoms with E-state index in [9.17, 15) is 0 Å². The van der Waals surface area contributed by atoms with Crippen LogP contribution in [0.15, 0.2) is 24.5 Å². The molecule has 1 aliphatic carbocycles. The standard InChI is InChI=1S/C15H19N3O/c1-10(2)13-8-11(14-6-7-18(3)17-14)9-16-15(13)19-12-4-5-12/h6-10,12H,4-5H2,1-3H3. The van der Waals surface area contributed by atoms with Gasteiger partial charge in [0.25, 0.3) is 0 Å². The highest BCUT2D eigenvalue weighted by molar-refractivity contribution is 5.59. The van der Waals surface area contributed by atoms with Crippen LogP contribution >= 0.6 is 0 Å². The zero-order chi connectivity index (χ0) is 13.4. The van der Waals surface area contributed by atoms with Crippen LogP contribution in [0.25, 0.3) is 11.3 Å². The van der Waals surface area contributed by atoms with E-state index in [1.54, 1.807) is 4.68 Å². The van der Waals surface area contributed by atoms with Crippen LogP contribution in [0.2, 0.25) is 0 Å². The van der Waals surface area contributed by atoms with Crippen molar-refractivity contribution in [1.82, 2.24) is 14.8 Å². The Kier molecular flexibility index (Phi) is 3.01. The predicted octanol–water partition coefficient (Wildman–Crippen LogP) is 3.15. The molecule has 19 heavy (non-hydrogen) atoms. The van der Waals surface area contributed by atoms with Crippen LogP contribution in [-0.2, 0) is 7.05 Å². The van der Waals surface area contributed by atoms with E-state index in [0.717, 1.165) is 35.5 Å². The van der Waals surface area contributed by atoms with E-state index in [2.05, 4.69) is 30.0 Å². The average Bonchev–Trinajstić information content (AvgIpc) is 3.09. The fourth-order valence-electron chi connectivity index (χ4n) is 2.03. The van der Waals surface area contributed by atoms with Crippen molar-refractivity contribution in [2.24, 2.45) is 7.05 Å². The highest BCUT2D eigenvalue weighted by Crippen LogP contribution is 2.33. The number of hydrogen-bond donors (Lipinski definition) is 0. The molecule has 0 aromatic carbocycles. The van der Waals surface area contributed by atoms with Gasteiger partial charge in [-0.05, 0) is 30.9 Å². The first kappa shape index (κ1) is 12.2. The molecule has 2 aromatic rings. The molecule has 1 saturated carbocycles. The van der Waals surface area contributed by atoms with Crippen LogP contribution in [0.4, 0.5) is 0 Å². The molecule has 3 rings (SSSR count). The molecule has 2 aromatic heterocycles. The summed E-state index contributed by atoms with van der Waals surface area (Å²) in [6, 6.07) is 4.15. The van der Waals surface area contributed by atoms with Crippen molar-refractivity contribution in [1.29, 1.82) is 0 Å². The molecule has 0 spiro atoms. The monoisotopic (exact) mass is 257 g/mol. The van der Waals surface area contributed by atoms with Gasteiger partial charge in [-0.15, -0.1) is 0 Å². The molecule has 0 unspecified atom stereocenters. The van der Waals surface area contributed by atoms with Crippen molar-refractivity contribution in [3.63, 3.8) is 0 Å². The van der Waals surface area contributed by atoms with Crippen LogP contribution in [0, 0.1) is 0 Å². The minimum atomic E-state index is 0.380. The topological polar surface area (TPSA) is 39.9 Å². The summed E-state index contributed by atoms with van der Waals surface area (Å²) in [5, 5.41) is 4.42. The number of hydrogen-bond acceptors (Lipinski definition) is 3. The summed E-state index contributed by atoms with van der Waals surface area (Å²) in [7, 11) is 1.92. The van der Waals surface area contributed by atoms with Crippen molar-refractivity contribution in [2.45, 2.75) is 38.7 Å². The molecular formula is C15H19N3O. The van der Waals surface area contributed by atoms with Crippen LogP contribution in [0.5, 0.6) is 5.88 Å². The minimum Gasteiger partial charge on any atom is -0.474 e. The zero-order valence-corrected chi connectivity index (χ0v) is 11.6. The van der Waals surface area contributed by atoms with Crippen molar-refractivity contribution < 1.29 is 4.74 Å². The lowest BCUT2D eigenvalue weighted by atomic mass is 10.0. The van der Waals surface area contributed by atoms with Gasteiger partial charge in [0.1, 0.15) is 6.10 Å². The van der Waals surface area contributed by atoms with E-state index in [1.807, 2.05) is 25.5 Å². The van der Waals surface area contributed by atoms with Crippen LogP contribution in [-0.4, -0.2) is 20.9 Å². The molecule has 0 amide bonds. The molecule has 4 heteroatoms. The Hall–Kier alpha value is -1.84. The van der Waals surface area contributed by atoms with Gasteiger partial charge in [-0.2, -0.15) is 5.10 Å². The highest BCUT2D eigenvalue weighted by atomic mass is 16.5. The number of rotatable bonds is 4. The van der Waals surface area contributed by atoms with E-state index in [1.165, 1.54) is 0 Å². The molecule has 0 aliphatic heterocycles. The Bertz CT molecular complexity index is 585. The maximum Gasteiger partial charge on any atom is 0.217 e. The minimum absolute atomic E-state index is 0.380. The molecule has 0 N–H and O–H groups in total. The van der Waals surface area contributed by atoms with Gasteiger partial charge in [0.05, 0.1) is 5.69 Å². The second-order valence-electron chi connectivity index (χ2n) is 5.46. The summed E-state index contributed by atoms with van der Waals surface area (Å²) in [6.45, 7) is 4.33. The van der Waals surface area contributed by atoms with Crippen molar-refractivity contribution in [3.05, 3.63) is 30.1 Å². The molecule has 1 fully saturated rings. The van der Waals surface area contributed by atoms with E-state index in [4.69, 9.17) is 4.74 Å². The summed E-state index contributed by atoms with van der Waals surface area (Å²) in [6.07, 6.45) is 6.48. The van der Waals surface area contributed by atoms with Gasteiger partial charge >= 0.3 is 0 Å². The van der Waals surface area contributed by atoms with Gasteiger partial charge in [0, 0.05) is 30.6 Å². The number of ether oxygens (including phenoxy) is 1. The lowest BCUT2D eigenvalue weighted by Crippen LogP contribution is -2.03. The average molecular weight is 257 g/mol. The predicted molar refractivity (Wildman–Crippen MR) is 74.2 cm³/mol. The van der Waals surface area contributed by atoms with Crippen LogP contribution in [0.1, 0.15) is 38.2 Å². The summed E-state index contributed by atoms with van der Waals surface area (Å²) in [5.74, 6) is 1.18. The van der Waals surface area contributed by atoms with E-state index < -0.39 is 0 Å². The molecule has 4 nitrogen and oxygen atoms in total. The van der Waals surface area contributed by atoms with Gasteiger partial charge in [-0.25, -0.2) is 4.98 Å². The Labute approximate surface area is 113 Å². The molecule has 1 aliphatic rings. The molecule has 2 heterocycles. The normalized spacial score (nSPS) is 14.9. The molecule has 0 bridgehead atoms. The first-order chi connectivity index (χ1) is 9.13. The Balaban J connectivity index is 1.96. The lowest BCUT2D eigenvalue weighted by Gasteiger charge is -2.13. The van der Waals surface area contributed by atoms with E-state index in [0.29, 0.717) is 12.0 Å². The number of nitrogens with zero attached hydrogens (tertiary/aromatic N) is 3. The van der Waals surface area contributed by atoms with Crippen molar-refractivity contribution >= 4 is 0 Å². The number of aromatic nitrogens is 3. The van der Waals surface area contributed by atoms with E-state index in [-0.39, 0.29) is 0 Å². The molecule has 100 valence electrons. The third-order valence-corrected chi connectivity index (χ3v) is 3.31.